The minimum Gasteiger partial charge on any atom is -0.507 e. The second-order valence-electron chi connectivity index (χ2n) is 9.41. The molecule has 0 unspecified atom stereocenters. The molecule has 2 aromatic carbocycles. The number of carboxylic acids is 1. The van der Waals surface area contributed by atoms with Crippen LogP contribution in [0.1, 0.15) is 62.8 Å². The van der Waals surface area contributed by atoms with E-state index in [1.54, 1.807) is 38.1 Å². The fraction of sp³-hybridized carbons (Fsp3) is 0.423. The number of carbonyl (C=O) groups is 3. The molecule has 3 N–H and O–H groups in total. The van der Waals surface area contributed by atoms with Gasteiger partial charge < -0.3 is 20.4 Å². The van der Waals surface area contributed by atoms with Crippen LogP contribution < -0.4 is 10.2 Å². The number of carboxylic acid groups (broad SMARTS) is 1. The second kappa shape index (κ2) is 10.5. The van der Waals surface area contributed by atoms with Gasteiger partial charge in [0.2, 0.25) is 11.8 Å². The number of aryl methyl sites for hydroxylation is 2. The van der Waals surface area contributed by atoms with E-state index in [1.165, 1.54) is 4.90 Å². The largest absolute Gasteiger partial charge is 0.507 e. The number of benzene rings is 2. The number of rotatable bonds is 8. The van der Waals surface area contributed by atoms with E-state index in [9.17, 15) is 19.5 Å². The van der Waals surface area contributed by atoms with Crippen LogP contribution >= 0.6 is 0 Å². The maximum absolute atomic E-state index is 13.1. The number of aromatic hydroxyl groups is 1. The van der Waals surface area contributed by atoms with E-state index >= 15 is 0 Å². The first-order valence-electron chi connectivity index (χ1n) is 11.1. The average molecular weight is 455 g/mol. The van der Waals surface area contributed by atoms with Gasteiger partial charge in [-0.15, -0.1) is 0 Å². The van der Waals surface area contributed by atoms with E-state index in [2.05, 4.69) is 5.32 Å². The summed E-state index contributed by atoms with van der Waals surface area (Å²) in [6.07, 6.45) is 0.770. The van der Waals surface area contributed by atoms with E-state index in [-0.39, 0.29) is 42.4 Å². The topological polar surface area (TPSA) is 107 Å². The third-order valence-electron chi connectivity index (χ3n) is 5.38. The van der Waals surface area contributed by atoms with Crippen LogP contribution in [0.3, 0.4) is 0 Å². The van der Waals surface area contributed by atoms with Gasteiger partial charge in [-0.2, -0.15) is 0 Å². The standard InChI is InChI=1S/C26H34N2O5/c1-7-8-23(30)28(19-11-16(2)25(33)17(3)12-19)15-22(29)27-21-13-18(14-24(31)32)9-10-20(21)26(4,5)6/h9-13,33H,7-8,14-15H2,1-6H3,(H,27,29)(H,31,32). The Morgan fingerprint density at radius 3 is 2.15 bits per heavy atom. The van der Waals surface area contributed by atoms with Gasteiger partial charge in [0.15, 0.2) is 0 Å². The van der Waals surface area contributed by atoms with Gasteiger partial charge in [0.1, 0.15) is 12.3 Å². The Labute approximate surface area is 195 Å². The third kappa shape index (κ3) is 6.81. The predicted octanol–water partition coefficient (Wildman–Crippen LogP) is 4.71. The summed E-state index contributed by atoms with van der Waals surface area (Å²) < 4.78 is 0. The zero-order valence-electron chi connectivity index (χ0n) is 20.3. The van der Waals surface area contributed by atoms with E-state index in [0.717, 1.165) is 5.56 Å². The van der Waals surface area contributed by atoms with Crippen molar-refractivity contribution in [3.63, 3.8) is 0 Å². The summed E-state index contributed by atoms with van der Waals surface area (Å²) in [4.78, 5) is 38.5. The van der Waals surface area contributed by atoms with Crippen molar-refractivity contribution in [2.45, 2.75) is 66.2 Å². The summed E-state index contributed by atoms with van der Waals surface area (Å²) in [5.41, 5.74) is 3.49. The number of phenolic OH excluding ortho intramolecular Hbond substituents is 1. The van der Waals surface area contributed by atoms with Gasteiger partial charge in [0.25, 0.3) is 0 Å². The highest BCUT2D eigenvalue weighted by Crippen LogP contribution is 2.31. The lowest BCUT2D eigenvalue weighted by Crippen LogP contribution is -2.38. The molecule has 178 valence electrons. The maximum atomic E-state index is 13.1. The number of aliphatic carboxylic acids is 1. The Balaban J connectivity index is 2.39. The number of hydrogen-bond acceptors (Lipinski definition) is 4. The van der Waals surface area contributed by atoms with Gasteiger partial charge in [-0.1, -0.05) is 39.8 Å². The molecule has 2 aromatic rings. The van der Waals surface area contributed by atoms with Gasteiger partial charge in [-0.05, 0) is 66.1 Å². The van der Waals surface area contributed by atoms with Crippen LogP contribution in [-0.2, 0) is 26.2 Å². The molecule has 2 rings (SSSR count). The molecule has 7 nitrogen and oxygen atoms in total. The van der Waals surface area contributed by atoms with Crippen molar-refractivity contribution in [3.8, 4) is 5.75 Å². The van der Waals surface area contributed by atoms with Gasteiger partial charge in [-0.3, -0.25) is 14.4 Å². The molecule has 2 amide bonds. The van der Waals surface area contributed by atoms with E-state index in [4.69, 9.17) is 5.11 Å². The van der Waals surface area contributed by atoms with E-state index in [1.807, 2.05) is 33.8 Å². The summed E-state index contributed by atoms with van der Waals surface area (Å²) in [6.45, 7) is 11.2. The van der Waals surface area contributed by atoms with Crippen molar-refractivity contribution in [1.82, 2.24) is 0 Å². The van der Waals surface area contributed by atoms with Gasteiger partial charge in [0.05, 0.1) is 6.42 Å². The molecule has 7 heteroatoms. The monoisotopic (exact) mass is 454 g/mol. The number of carbonyl (C=O) groups excluding carboxylic acids is 2. The number of nitrogens with zero attached hydrogens (tertiary/aromatic N) is 1. The highest BCUT2D eigenvalue weighted by Gasteiger charge is 2.23. The molecule has 0 heterocycles. The normalized spacial score (nSPS) is 11.2. The van der Waals surface area contributed by atoms with Crippen molar-refractivity contribution in [2.24, 2.45) is 0 Å². The number of anilines is 2. The Morgan fingerprint density at radius 2 is 1.64 bits per heavy atom. The molecule has 0 spiro atoms. The average Bonchev–Trinajstić information content (AvgIpc) is 2.68. The van der Waals surface area contributed by atoms with Crippen LogP contribution in [0.2, 0.25) is 0 Å². The van der Waals surface area contributed by atoms with Gasteiger partial charge in [0, 0.05) is 17.8 Å². The highest BCUT2D eigenvalue weighted by molar-refractivity contribution is 6.03. The molecule has 0 aliphatic rings. The molecule has 0 atom stereocenters. The molecule has 0 bridgehead atoms. The summed E-state index contributed by atoms with van der Waals surface area (Å²) in [5.74, 6) is -1.37. The Morgan fingerprint density at radius 1 is 1.03 bits per heavy atom. The van der Waals surface area contributed by atoms with Crippen molar-refractivity contribution in [3.05, 3.63) is 52.6 Å². The first-order chi connectivity index (χ1) is 15.3. The SMILES string of the molecule is CCCC(=O)N(CC(=O)Nc1cc(CC(=O)O)ccc1C(C)(C)C)c1cc(C)c(O)c(C)c1. The van der Waals surface area contributed by atoms with Crippen molar-refractivity contribution < 1.29 is 24.6 Å². The summed E-state index contributed by atoms with van der Waals surface area (Å²) in [5, 5.41) is 22.1. The van der Waals surface area contributed by atoms with Gasteiger partial charge >= 0.3 is 5.97 Å². The van der Waals surface area contributed by atoms with Crippen LogP contribution in [0.15, 0.2) is 30.3 Å². The molecule has 0 aliphatic carbocycles. The fourth-order valence-corrected chi connectivity index (χ4v) is 3.73. The summed E-state index contributed by atoms with van der Waals surface area (Å²) in [7, 11) is 0. The van der Waals surface area contributed by atoms with Crippen LogP contribution in [0.25, 0.3) is 0 Å². The molecule has 33 heavy (non-hydrogen) atoms. The molecule has 0 fully saturated rings. The number of amides is 2. The smallest absolute Gasteiger partial charge is 0.307 e. The lowest BCUT2D eigenvalue weighted by molar-refractivity contribution is -0.136. The van der Waals surface area contributed by atoms with Crippen molar-refractivity contribution in [2.75, 3.05) is 16.8 Å². The number of phenols is 1. The molecule has 0 radical (unpaired) electrons. The third-order valence-corrected chi connectivity index (χ3v) is 5.38. The quantitative estimate of drug-likeness (QED) is 0.536. The van der Waals surface area contributed by atoms with Crippen molar-refractivity contribution in [1.29, 1.82) is 0 Å². The van der Waals surface area contributed by atoms with Crippen LogP contribution in [-0.4, -0.2) is 34.5 Å². The zero-order valence-corrected chi connectivity index (χ0v) is 20.3. The first-order valence-corrected chi connectivity index (χ1v) is 11.1. The summed E-state index contributed by atoms with van der Waals surface area (Å²) in [6, 6.07) is 8.65. The lowest BCUT2D eigenvalue weighted by Gasteiger charge is -2.26. The Kier molecular flexibility index (Phi) is 8.25. The molecule has 0 aliphatic heterocycles. The number of nitrogens with one attached hydrogen (secondary N) is 1. The van der Waals surface area contributed by atoms with Crippen LogP contribution in [0.4, 0.5) is 11.4 Å². The minimum absolute atomic E-state index is 0.152. The summed E-state index contributed by atoms with van der Waals surface area (Å²) >= 11 is 0. The second-order valence-corrected chi connectivity index (χ2v) is 9.41. The van der Waals surface area contributed by atoms with Gasteiger partial charge in [-0.25, -0.2) is 0 Å². The zero-order chi connectivity index (χ0) is 24.9. The van der Waals surface area contributed by atoms with Crippen LogP contribution in [0.5, 0.6) is 5.75 Å². The maximum Gasteiger partial charge on any atom is 0.307 e. The molecule has 0 saturated carbocycles. The van der Waals surface area contributed by atoms with E-state index in [0.29, 0.717) is 34.5 Å². The fourth-order valence-electron chi connectivity index (χ4n) is 3.73. The number of hydrogen-bond donors (Lipinski definition) is 3. The molecule has 0 aromatic heterocycles. The molecular weight excluding hydrogens is 420 g/mol. The predicted molar refractivity (Wildman–Crippen MR) is 130 cm³/mol. The minimum atomic E-state index is -0.954. The first kappa shape index (κ1) is 25.9. The molecular formula is C26H34N2O5. The van der Waals surface area contributed by atoms with Crippen molar-refractivity contribution >= 4 is 29.2 Å². The molecule has 0 saturated heterocycles. The van der Waals surface area contributed by atoms with Crippen LogP contribution in [0, 0.1) is 13.8 Å². The highest BCUT2D eigenvalue weighted by atomic mass is 16.4. The Hall–Kier alpha value is -3.35. The van der Waals surface area contributed by atoms with E-state index < -0.39 is 5.97 Å². The lowest BCUT2D eigenvalue weighted by atomic mass is 9.85. The Bertz CT molecular complexity index is 1030.